The summed E-state index contributed by atoms with van der Waals surface area (Å²) in [4.78, 5) is 13.9. The van der Waals surface area contributed by atoms with Crippen LogP contribution in [0.5, 0.6) is 0 Å². The number of fused-ring (bicyclic) bond motifs is 2. The SMILES string of the molecule is Nc1nc2ccccc2[nH]1.Nc1nc2ccccc2[nH]1.c1ccc([Si]c2ccccc2)cc1. The molecule has 7 heteroatoms. The van der Waals surface area contributed by atoms with E-state index in [-0.39, 0.29) is 0 Å². The highest BCUT2D eigenvalue weighted by molar-refractivity contribution is 6.67. The Morgan fingerprint density at radius 2 is 0.848 bits per heavy atom. The average molecular weight is 449 g/mol. The quantitative estimate of drug-likeness (QED) is 0.303. The molecule has 0 saturated carbocycles. The number of rotatable bonds is 2. The van der Waals surface area contributed by atoms with Crippen LogP contribution in [-0.4, -0.2) is 29.5 Å². The van der Waals surface area contributed by atoms with Gasteiger partial charge in [0, 0.05) is 0 Å². The van der Waals surface area contributed by atoms with Crippen LogP contribution < -0.4 is 21.8 Å². The number of nitrogens with two attached hydrogens (primary N) is 2. The van der Waals surface area contributed by atoms with Gasteiger partial charge < -0.3 is 21.4 Å². The minimum absolute atomic E-state index is 0.473. The molecular formula is C26H24N6Si. The zero-order chi connectivity index (χ0) is 22.9. The Balaban J connectivity index is 0.000000119. The lowest BCUT2D eigenvalue weighted by Gasteiger charge is -1.98. The van der Waals surface area contributed by atoms with Gasteiger partial charge in [0.1, 0.15) is 9.52 Å². The Kier molecular flexibility index (Phi) is 7.14. The van der Waals surface area contributed by atoms with E-state index in [0.29, 0.717) is 11.9 Å². The maximum Gasteiger partial charge on any atom is 0.198 e. The highest BCUT2D eigenvalue weighted by Crippen LogP contribution is 2.11. The number of aromatic amines is 2. The predicted molar refractivity (Wildman–Crippen MR) is 139 cm³/mol. The molecule has 0 aliphatic carbocycles. The first-order valence-corrected chi connectivity index (χ1v) is 11.4. The van der Waals surface area contributed by atoms with Gasteiger partial charge in [-0.2, -0.15) is 0 Å². The fraction of sp³-hybridized carbons (Fsp3) is 0. The molecule has 0 aliphatic rings. The predicted octanol–water partition coefficient (Wildman–Crippen LogP) is 3.63. The number of nitrogens with one attached hydrogen (secondary N) is 2. The van der Waals surface area contributed by atoms with Gasteiger partial charge in [-0.1, -0.05) is 95.3 Å². The summed E-state index contributed by atoms with van der Waals surface area (Å²) in [5, 5.41) is 2.79. The van der Waals surface area contributed by atoms with Gasteiger partial charge in [-0.25, -0.2) is 9.97 Å². The van der Waals surface area contributed by atoms with E-state index in [1.165, 1.54) is 10.4 Å². The zero-order valence-electron chi connectivity index (χ0n) is 17.9. The summed E-state index contributed by atoms with van der Waals surface area (Å²) in [6.07, 6.45) is 0. The van der Waals surface area contributed by atoms with Crippen LogP contribution in [0, 0.1) is 0 Å². The number of hydrogen-bond acceptors (Lipinski definition) is 4. The lowest BCUT2D eigenvalue weighted by atomic mass is 10.3. The van der Waals surface area contributed by atoms with Crippen LogP contribution in [0.1, 0.15) is 0 Å². The average Bonchev–Trinajstić information content (AvgIpc) is 3.41. The maximum atomic E-state index is 5.42. The van der Waals surface area contributed by atoms with E-state index < -0.39 is 0 Å². The minimum Gasteiger partial charge on any atom is -0.369 e. The second kappa shape index (κ2) is 10.8. The molecule has 0 spiro atoms. The van der Waals surface area contributed by atoms with Crippen LogP contribution >= 0.6 is 0 Å². The molecule has 0 bridgehead atoms. The van der Waals surface area contributed by atoms with Crippen molar-refractivity contribution in [2.75, 3.05) is 11.5 Å². The van der Waals surface area contributed by atoms with Crippen LogP contribution in [-0.2, 0) is 0 Å². The molecule has 6 rings (SSSR count). The number of benzene rings is 4. The highest BCUT2D eigenvalue weighted by atomic mass is 28.2. The lowest BCUT2D eigenvalue weighted by Crippen LogP contribution is -2.26. The number of para-hydroxylation sites is 4. The van der Waals surface area contributed by atoms with Crippen molar-refractivity contribution in [2.24, 2.45) is 0 Å². The van der Waals surface area contributed by atoms with Crippen LogP contribution in [0.2, 0.25) is 0 Å². The number of aromatic nitrogens is 4. The molecule has 6 aromatic rings. The van der Waals surface area contributed by atoms with E-state index in [4.69, 9.17) is 11.5 Å². The molecule has 0 aliphatic heterocycles. The molecule has 0 unspecified atom stereocenters. The summed E-state index contributed by atoms with van der Waals surface area (Å²) in [7, 11) is 0.777. The molecule has 0 amide bonds. The number of imidazole rings is 2. The van der Waals surface area contributed by atoms with Crippen molar-refractivity contribution < 1.29 is 0 Å². The Morgan fingerprint density at radius 3 is 1.24 bits per heavy atom. The van der Waals surface area contributed by atoms with Crippen molar-refractivity contribution in [1.29, 1.82) is 0 Å². The number of H-pyrrole nitrogens is 2. The lowest BCUT2D eigenvalue weighted by molar-refractivity contribution is 1.35. The second-order valence-corrected chi connectivity index (χ2v) is 8.54. The summed E-state index contributed by atoms with van der Waals surface area (Å²) < 4.78 is 0. The van der Waals surface area contributed by atoms with Crippen molar-refractivity contribution in [3.05, 3.63) is 109 Å². The molecule has 0 fully saturated rings. The van der Waals surface area contributed by atoms with Gasteiger partial charge in [0.05, 0.1) is 22.1 Å². The van der Waals surface area contributed by atoms with Gasteiger partial charge in [-0.15, -0.1) is 0 Å². The Labute approximate surface area is 194 Å². The molecule has 6 nitrogen and oxygen atoms in total. The van der Waals surface area contributed by atoms with Gasteiger partial charge in [-0.3, -0.25) is 0 Å². The summed E-state index contributed by atoms with van der Waals surface area (Å²) in [5.74, 6) is 0.947. The first-order chi connectivity index (χ1) is 16.2. The number of hydrogen-bond donors (Lipinski definition) is 4. The van der Waals surface area contributed by atoms with E-state index in [1.807, 2.05) is 48.5 Å². The Bertz CT molecular complexity index is 1230. The Morgan fingerprint density at radius 1 is 0.485 bits per heavy atom. The highest BCUT2D eigenvalue weighted by Gasteiger charge is 1.96. The van der Waals surface area contributed by atoms with Crippen molar-refractivity contribution in [3.8, 4) is 0 Å². The second-order valence-electron chi connectivity index (χ2n) is 7.14. The van der Waals surface area contributed by atoms with Crippen molar-refractivity contribution in [2.45, 2.75) is 0 Å². The monoisotopic (exact) mass is 448 g/mol. The molecule has 0 saturated heterocycles. The molecule has 0 atom stereocenters. The van der Waals surface area contributed by atoms with Crippen molar-refractivity contribution in [1.82, 2.24) is 19.9 Å². The van der Waals surface area contributed by atoms with Crippen LogP contribution in [0.25, 0.3) is 22.1 Å². The third kappa shape index (κ3) is 6.31. The van der Waals surface area contributed by atoms with E-state index in [0.717, 1.165) is 31.6 Å². The molecule has 2 aromatic heterocycles. The molecular weight excluding hydrogens is 424 g/mol. The fourth-order valence-electron chi connectivity index (χ4n) is 3.15. The summed E-state index contributed by atoms with van der Waals surface area (Å²) in [6.45, 7) is 0. The normalized spacial score (nSPS) is 10.2. The standard InChI is InChI=1S/C12H10Si.2C7H7N3/c1-3-7-11(8-4-1)13-12-9-5-2-6-10-12;2*8-7-9-5-3-1-2-4-6(5)10-7/h1-10H;2*1-4H,(H3,8,9,10). The Hall–Kier alpha value is -4.36. The number of nitrogen functional groups attached to an aromatic ring is 2. The van der Waals surface area contributed by atoms with Crippen LogP contribution in [0.3, 0.4) is 0 Å². The molecule has 4 aromatic carbocycles. The van der Waals surface area contributed by atoms with Crippen LogP contribution in [0.4, 0.5) is 11.9 Å². The number of anilines is 2. The van der Waals surface area contributed by atoms with Crippen molar-refractivity contribution >= 4 is 53.9 Å². The van der Waals surface area contributed by atoms with Crippen LogP contribution in [0.15, 0.2) is 109 Å². The van der Waals surface area contributed by atoms with Gasteiger partial charge in [0.15, 0.2) is 11.9 Å². The smallest absolute Gasteiger partial charge is 0.198 e. The van der Waals surface area contributed by atoms with Gasteiger partial charge >= 0.3 is 0 Å². The third-order valence-electron chi connectivity index (χ3n) is 4.65. The minimum atomic E-state index is 0.473. The number of nitrogens with zero attached hydrogens (tertiary/aromatic N) is 2. The van der Waals surface area contributed by atoms with E-state index >= 15 is 0 Å². The molecule has 2 radical (unpaired) electrons. The summed E-state index contributed by atoms with van der Waals surface area (Å²) in [6, 6.07) is 36.6. The van der Waals surface area contributed by atoms with E-state index in [2.05, 4.69) is 80.6 Å². The molecule has 6 N–H and O–H groups in total. The summed E-state index contributed by atoms with van der Waals surface area (Å²) in [5.41, 5.74) is 14.7. The third-order valence-corrected chi connectivity index (χ3v) is 5.90. The largest absolute Gasteiger partial charge is 0.369 e. The van der Waals surface area contributed by atoms with Gasteiger partial charge in [-0.05, 0) is 24.3 Å². The zero-order valence-corrected chi connectivity index (χ0v) is 18.9. The fourth-order valence-corrected chi connectivity index (χ4v) is 4.21. The summed E-state index contributed by atoms with van der Waals surface area (Å²) >= 11 is 0. The maximum absolute atomic E-state index is 5.42. The van der Waals surface area contributed by atoms with E-state index in [9.17, 15) is 0 Å². The van der Waals surface area contributed by atoms with Gasteiger partial charge in [0.2, 0.25) is 0 Å². The first-order valence-electron chi connectivity index (χ1n) is 10.4. The molecule has 162 valence electrons. The van der Waals surface area contributed by atoms with Gasteiger partial charge in [0.25, 0.3) is 0 Å². The van der Waals surface area contributed by atoms with E-state index in [1.54, 1.807) is 0 Å². The first kappa shape index (κ1) is 21.9. The van der Waals surface area contributed by atoms with Crippen molar-refractivity contribution in [3.63, 3.8) is 0 Å². The molecule has 33 heavy (non-hydrogen) atoms. The molecule has 2 heterocycles. The topological polar surface area (TPSA) is 109 Å².